The molecule has 0 saturated heterocycles. The molecule has 4 nitrogen and oxygen atoms in total. The van der Waals surface area contributed by atoms with Crippen molar-refractivity contribution in [2.75, 3.05) is 0 Å². The molecule has 0 saturated carbocycles. The first-order chi connectivity index (χ1) is 9.38. The van der Waals surface area contributed by atoms with Gasteiger partial charge in [-0.15, -0.1) is 0 Å². The average Bonchev–Trinajstić information content (AvgIpc) is 2.31. The van der Waals surface area contributed by atoms with Crippen molar-refractivity contribution in [3.05, 3.63) is 51.5 Å². The van der Waals surface area contributed by atoms with Crippen molar-refractivity contribution in [1.82, 2.24) is 4.98 Å². The van der Waals surface area contributed by atoms with Crippen LogP contribution in [0, 0.1) is 19.7 Å². The van der Waals surface area contributed by atoms with Crippen LogP contribution in [0.5, 0.6) is 11.5 Å². The Hall–Kier alpha value is -1.95. The molecule has 0 aliphatic carbocycles. The van der Waals surface area contributed by atoms with Gasteiger partial charge in [0.2, 0.25) is 0 Å². The number of hydrogen-bond acceptors (Lipinski definition) is 3. The summed E-state index contributed by atoms with van der Waals surface area (Å²) < 4.78 is 19.2. The lowest BCUT2D eigenvalue weighted by Gasteiger charge is -2.13. The summed E-state index contributed by atoms with van der Waals surface area (Å²) in [6.07, 6.45) is 0. The number of primary amides is 1. The maximum absolute atomic E-state index is 13.1. The predicted molar refractivity (Wildman–Crippen MR) is 76.4 cm³/mol. The van der Waals surface area contributed by atoms with Crippen LogP contribution in [0.1, 0.15) is 21.7 Å². The van der Waals surface area contributed by atoms with E-state index >= 15 is 0 Å². The molecule has 1 aromatic carbocycles. The predicted octanol–water partition coefficient (Wildman–Crippen LogP) is 3.49. The zero-order chi connectivity index (χ0) is 14.9. The highest BCUT2D eigenvalue weighted by Gasteiger charge is 2.16. The molecule has 104 valence electrons. The number of nitrogens with zero attached hydrogens (tertiary/aromatic N) is 1. The Kier molecular flexibility index (Phi) is 4.04. The van der Waals surface area contributed by atoms with E-state index in [2.05, 4.69) is 20.9 Å². The molecule has 2 rings (SSSR count). The molecule has 0 spiro atoms. The van der Waals surface area contributed by atoms with E-state index < -0.39 is 5.91 Å². The zero-order valence-corrected chi connectivity index (χ0v) is 12.5. The van der Waals surface area contributed by atoms with E-state index in [-0.39, 0.29) is 11.4 Å². The van der Waals surface area contributed by atoms with Crippen LogP contribution >= 0.6 is 15.9 Å². The first kappa shape index (κ1) is 14.5. The van der Waals surface area contributed by atoms with Gasteiger partial charge < -0.3 is 10.5 Å². The number of nitrogens with two attached hydrogens (primary N) is 1. The second-order valence-corrected chi connectivity index (χ2v) is 5.12. The molecular weight excluding hydrogens is 327 g/mol. The van der Waals surface area contributed by atoms with Gasteiger partial charge in [-0.1, -0.05) is 0 Å². The average molecular weight is 339 g/mol. The van der Waals surface area contributed by atoms with Crippen molar-refractivity contribution in [3.63, 3.8) is 0 Å². The molecule has 0 bridgehead atoms. The SMILES string of the molecule is Cc1cc(Oc2ccc(F)cc2Br)c(C(N)=O)c(C)n1. The Bertz CT molecular complexity index is 689. The molecule has 0 unspecified atom stereocenters. The van der Waals surface area contributed by atoms with Crippen LogP contribution in [0.3, 0.4) is 0 Å². The third-order valence-corrected chi connectivity index (χ3v) is 3.27. The van der Waals surface area contributed by atoms with Crippen LogP contribution in [0.4, 0.5) is 4.39 Å². The smallest absolute Gasteiger partial charge is 0.254 e. The van der Waals surface area contributed by atoms with E-state index in [4.69, 9.17) is 10.5 Å². The minimum Gasteiger partial charge on any atom is -0.455 e. The van der Waals surface area contributed by atoms with Crippen molar-refractivity contribution in [1.29, 1.82) is 0 Å². The van der Waals surface area contributed by atoms with Crippen LogP contribution in [-0.4, -0.2) is 10.9 Å². The van der Waals surface area contributed by atoms with E-state index in [0.717, 1.165) is 0 Å². The third kappa shape index (κ3) is 2.96. The van der Waals surface area contributed by atoms with Crippen LogP contribution < -0.4 is 10.5 Å². The lowest BCUT2D eigenvalue weighted by atomic mass is 10.1. The number of ether oxygens (including phenoxy) is 1. The summed E-state index contributed by atoms with van der Waals surface area (Å²) in [4.78, 5) is 15.7. The fraction of sp³-hybridized carbons (Fsp3) is 0.143. The summed E-state index contributed by atoms with van der Waals surface area (Å²) >= 11 is 3.21. The van der Waals surface area contributed by atoms with E-state index in [1.165, 1.54) is 18.2 Å². The summed E-state index contributed by atoms with van der Waals surface area (Å²) in [5.74, 6) is -0.321. The maximum atomic E-state index is 13.1. The number of aryl methyl sites for hydroxylation is 2. The fourth-order valence-electron chi connectivity index (χ4n) is 1.85. The van der Waals surface area contributed by atoms with Gasteiger partial charge in [0.25, 0.3) is 5.91 Å². The second kappa shape index (κ2) is 5.58. The molecule has 0 atom stereocenters. The summed E-state index contributed by atoms with van der Waals surface area (Å²) in [5.41, 5.74) is 6.75. The summed E-state index contributed by atoms with van der Waals surface area (Å²) in [6, 6.07) is 5.63. The normalized spacial score (nSPS) is 10.4. The molecule has 0 fully saturated rings. The van der Waals surface area contributed by atoms with Crippen LogP contribution in [0.15, 0.2) is 28.7 Å². The highest BCUT2D eigenvalue weighted by Crippen LogP contribution is 2.33. The lowest BCUT2D eigenvalue weighted by Crippen LogP contribution is -2.15. The van der Waals surface area contributed by atoms with Gasteiger partial charge in [0, 0.05) is 11.8 Å². The van der Waals surface area contributed by atoms with Crippen molar-refractivity contribution in [2.45, 2.75) is 13.8 Å². The number of carbonyl (C=O) groups is 1. The van der Waals surface area contributed by atoms with Gasteiger partial charge in [0.1, 0.15) is 22.9 Å². The molecule has 0 radical (unpaired) electrons. The number of rotatable bonds is 3. The number of amides is 1. The van der Waals surface area contributed by atoms with Crippen molar-refractivity contribution >= 4 is 21.8 Å². The molecule has 6 heteroatoms. The first-order valence-electron chi connectivity index (χ1n) is 5.79. The molecule has 2 aromatic rings. The van der Waals surface area contributed by atoms with Gasteiger partial charge in [-0.05, 0) is 48.0 Å². The number of pyridine rings is 1. The lowest BCUT2D eigenvalue weighted by molar-refractivity contribution is 0.0997. The number of benzene rings is 1. The van der Waals surface area contributed by atoms with Crippen molar-refractivity contribution < 1.29 is 13.9 Å². The molecule has 20 heavy (non-hydrogen) atoms. The minimum atomic E-state index is -0.622. The monoisotopic (exact) mass is 338 g/mol. The molecule has 0 aliphatic rings. The van der Waals surface area contributed by atoms with Gasteiger partial charge in [0.15, 0.2) is 0 Å². The van der Waals surface area contributed by atoms with E-state index in [9.17, 15) is 9.18 Å². The van der Waals surface area contributed by atoms with Crippen LogP contribution in [0.25, 0.3) is 0 Å². The molecule has 1 amide bonds. The molecular formula is C14H12BrFN2O2. The Morgan fingerprint density at radius 1 is 1.30 bits per heavy atom. The minimum absolute atomic E-state index is 0.215. The van der Waals surface area contributed by atoms with Crippen molar-refractivity contribution in [2.24, 2.45) is 5.73 Å². The Morgan fingerprint density at radius 2 is 2.00 bits per heavy atom. The van der Waals surface area contributed by atoms with Gasteiger partial charge in [-0.2, -0.15) is 0 Å². The Morgan fingerprint density at radius 3 is 2.60 bits per heavy atom. The van der Waals surface area contributed by atoms with E-state index in [1.54, 1.807) is 19.9 Å². The van der Waals surface area contributed by atoms with Crippen LogP contribution in [0.2, 0.25) is 0 Å². The first-order valence-corrected chi connectivity index (χ1v) is 6.58. The number of aromatic nitrogens is 1. The Balaban J connectivity index is 2.50. The third-order valence-electron chi connectivity index (χ3n) is 2.65. The fourth-order valence-corrected chi connectivity index (χ4v) is 2.28. The highest BCUT2D eigenvalue weighted by molar-refractivity contribution is 9.10. The van der Waals surface area contributed by atoms with Crippen molar-refractivity contribution in [3.8, 4) is 11.5 Å². The van der Waals surface area contributed by atoms with E-state index in [0.29, 0.717) is 27.4 Å². The summed E-state index contributed by atoms with van der Waals surface area (Å²) in [5, 5.41) is 0. The summed E-state index contributed by atoms with van der Waals surface area (Å²) in [6.45, 7) is 3.46. The van der Waals surface area contributed by atoms with Gasteiger partial charge in [-0.25, -0.2) is 4.39 Å². The second-order valence-electron chi connectivity index (χ2n) is 4.26. The van der Waals surface area contributed by atoms with E-state index in [1.807, 2.05) is 0 Å². The number of hydrogen-bond donors (Lipinski definition) is 1. The maximum Gasteiger partial charge on any atom is 0.254 e. The highest BCUT2D eigenvalue weighted by atomic mass is 79.9. The zero-order valence-electron chi connectivity index (χ0n) is 10.9. The van der Waals surface area contributed by atoms with Gasteiger partial charge >= 0.3 is 0 Å². The number of halogens is 2. The molecule has 2 N–H and O–H groups in total. The quantitative estimate of drug-likeness (QED) is 0.931. The number of carbonyl (C=O) groups excluding carboxylic acids is 1. The molecule has 1 heterocycles. The Labute approximate surface area is 123 Å². The molecule has 0 aliphatic heterocycles. The standard InChI is InChI=1S/C14H12BrFN2O2/c1-7-5-12(13(14(17)19)8(2)18-7)20-11-4-3-9(16)6-10(11)15/h3-6H,1-2H3,(H2,17,19). The topological polar surface area (TPSA) is 65.2 Å². The van der Waals surface area contributed by atoms with Crippen LogP contribution in [-0.2, 0) is 0 Å². The van der Waals surface area contributed by atoms with Gasteiger partial charge in [-0.3, -0.25) is 9.78 Å². The largest absolute Gasteiger partial charge is 0.455 e. The van der Waals surface area contributed by atoms with Gasteiger partial charge in [0.05, 0.1) is 10.2 Å². The molecule has 1 aromatic heterocycles. The summed E-state index contributed by atoms with van der Waals surface area (Å²) in [7, 11) is 0.